The molecule has 25 heavy (non-hydrogen) atoms. The van der Waals surface area contributed by atoms with Gasteiger partial charge in [0.05, 0.1) is 0 Å². The SMILES string of the molecule is C[C@@H](/C=C1/C(=O)N(C)[C@](O)(C[C@H](C)C(Cl)(Cl)Cl)C(=O)N1C)C(Cl)(Cl)Cl. The zero-order valence-corrected chi connectivity index (χ0v) is 18.4. The molecule has 1 N–H and O–H groups in total. The van der Waals surface area contributed by atoms with Crippen LogP contribution in [0.4, 0.5) is 0 Å². The van der Waals surface area contributed by atoms with E-state index in [-0.39, 0.29) is 12.1 Å². The van der Waals surface area contributed by atoms with E-state index in [1.54, 1.807) is 13.8 Å². The van der Waals surface area contributed by atoms with Gasteiger partial charge in [0.25, 0.3) is 11.8 Å². The summed E-state index contributed by atoms with van der Waals surface area (Å²) in [6.45, 7) is 3.13. The molecule has 144 valence electrons. The van der Waals surface area contributed by atoms with Gasteiger partial charge in [-0.2, -0.15) is 0 Å². The summed E-state index contributed by atoms with van der Waals surface area (Å²) in [5.74, 6) is -2.74. The van der Waals surface area contributed by atoms with E-state index < -0.39 is 37.0 Å². The van der Waals surface area contributed by atoms with Crippen LogP contribution in [0.5, 0.6) is 0 Å². The minimum Gasteiger partial charge on any atom is -0.363 e. The number of alkyl halides is 6. The monoisotopic (exact) mass is 472 g/mol. The fourth-order valence-corrected chi connectivity index (χ4v) is 2.71. The summed E-state index contributed by atoms with van der Waals surface area (Å²) in [5, 5.41) is 10.8. The molecule has 0 unspecified atom stereocenters. The highest BCUT2D eigenvalue weighted by atomic mass is 35.6. The van der Waals surface area contributed by atoms with Crippen molar-refractivity contribution >= 4 is 81.4 Å². The van der Waals surface area contributed by atoms with Gasteiger partial charge >= 0.3 is 0 Å². The van der Waals surface area contributed by atoms with Crippen molar-refractivity contribution in [1.82, 2.24) is 9.80 Å². The van der Waals surface area contributed by atoms with Crippen molar-refractivity contribution in [2.75, 3.05) is 14.1 Å². The summed E-state index contributed by atoms with van der Waals surface area (Å²) in [4.78, 5) is 27.3. The van der Waals surface area contributed by atoms with Crippen LogP contribution in [0.2, 0.25) is 0 Å². The summed E-state index contributed by atoms with van der Waals surface area (Å²) >= 11 is 34.9. The number of halogens is 6. The van der Waals surface area contributed by atoms with Crippen LogP contribution in [-0.4, -0.2) is 54.1 Å². The number of carbonyl (C=O) groups is 2. The number of amides is 2. The number of nitrogens with zero attached hydrogens (tertiary/aromatic N) is 2. The van der Waals surface area contributed by atoms with Crippen molar-refractivity contribution in [2.45, 2.75) is 33.6 Å². The Kier molecular flexibility index (Phi) is 7.29. The molecular weight excluding hydrogens is 457 g/mol. The van der Waals surface area contributed by atoms with E-state index in [2.05, 4.69) is 0 Å². The van der Waals surface area contributed by atoms with Crippen LogP contribution in [-0.2, 0) is 9.59 Å². The average molecular weight is 475 g/mol. The number of hydrogen-bond acceptors (Lipinski definition) is 3. The molecule has 1 rings (SSSR count). The van der Waals surface area contributed by atoms with Gasteiger partial charge in [-0.05, 0) is 6.08 Å². The van der Waals surface area contributed by atoms with Crippen LogP contribution < -0.4 is 0 Å². The molecular formula is C14H18Cl6N2O3. The van der Waals surface area contributed by atoms with Crippen molar-refractivity contribution in [2.24, 2.45) is 11.8 Å². The van der Waals surface area contributed by atoms with E-state index in [1.165, 1.54) is 20.2 Å². The maximum atomic E-state index is 12.7. The van der Waals surface area contributed by atoms with Gasteiger partial charge < -0.3 is 14.9 Å². The molecule has 0 spiro atoms. The molecule has 11 heteroatoms. The highest BCUT2D eigenvalue weighted by Gasteiger charge is 2.53. The third kappa shape index (κ3) is 5.01. The summed E-state index contributed by atoms with van der Waals surface area (Å²) in [6, 6.07) is 0. The Morgan fingerprint density at radius 2 is 1.56 bits per heavy atom. The lowest BCUT2D eigenvalue weighted by molar-refractivity contribution is -0.187. The summed E-state index contributed by atoms with van der Waals surface area (Å²) in [6.07, 6.45) is 1.10. The second-order valence-corrected chi connectivity index (χ2v) is 10.8. The minimum atomic E-state index is -2.16. The number of rotatable bonds is 3. The first-order chi connectivity index (χ1) is 11.0. The topological polar surface area (TPSA) is 60.9 Å². The summed E-state index contributed by atoms with van der Waals surface area (Å²) in [5.41, 5.74) is -2.17. The quantitative estimate of drug-likeness (QED) is 0.498. The number of aliphatic hydroxyl groups is 1. The van der Waals surface area contributed by atoms with Gasteiger partial charge in [0.2, 0.25) is 5.72 Å². The van der Waals surface area contributed by atoms with Crippen LogP contribution in [0.1, 0.15) is 20.3 Å². The second-order valence-electron chi connectivity index (χ2n) is 6.07. The molecule has 1 fully saturated rings. The van der Waals surface area contributed by atoms with Gasteiger partial charge in [-0.25, -0.2) is 0 Å². The summed E-state index contributed by atoms with van der Waals surface area (Å²) < 4.78 is -3.37. The molecule has 1 aliphatic heterocycles. The predicted molar refractivity (Wildman–Crippen MR) is 102 cm³/mol. The van der Waals surface area contributed by atoms with E-state index in [9.17, 15) is 14.7 Å². The van der Waals surface area contributed by atoms with Crippen LogP contribution >= 0.6 is 69.6 Å². The molecule has 3 atom stereocenters. The zero-order chi connectivity index (χ0) is 20.0. The summed E-state index contributed by atoms with van der Waals surface area (Å²) in [7, 11) is 2.63. The van der Waals surface area contributed by atoms with Crippen molar-refractivity contribution in [1.29, 1.82) is 0 Å². The predicted octanol–water partition coefficient (Wildman–Crippen LogP) is 3.89. The number of allylic oxidation sites excluding steroid dienone is 1. The van der Waals surface area contributed by atoms with E-state index >= 15 is 0 Å². The molecule has 1 heterocycles. The van der Waals surface area contributed by atoms with E-state index in [0.29, 0.717) is 0 Å². The first-order valence-electron chi connectivity index (χ1n) is 7.17. The Labute approximate surface area is 176 Å². The van der Waals surface area contributed by atoms with Gasteiger partial charge in [-0.15, -0.1) is 0 Å². The van der Waals surface area contributed by atoms with E-state index in [0.717, 1.165) is 9.80 Å². The molecule has 0 aromatic heterocycles. The van der Waals surface area contributed by atoms with E-state index in [4.69, 9.17) is 69.6 Å². The lowest BCUT2D eigenvalue weighted by Crippen LogP contribution is -2.66. The maximum Gasteiger partial charge on any atom is 0.280 e. The van der Waals surface area contributed by atoms with Crippen molar-refractivity contribution in [3.8, 4) is 0 Å². The standard InChI is InChI=1S/C14H18Cl6N2O3/c1-7(13(15,16)17)5-9-10(23)22(4)12(25,11(24)21(9)3)6-8(2)14(18,19)20/h5,7-8,25H,6H2,1-4H3/b9-5-/t7-,8-,12-/m0/s1. The van der Waals surface area contributed by atoms with Gasteiger partial charge in [0.15, 0.2) is 7.59 Å². The smallest absolute Gasteiger partial charge is 0.280 e. The molecule has 0 aliphatic carbocycles. The minimum absolute atomic E-state index is 0.0162. The fourth-order valence-electron chi connectivity index (χ4n) is 2.29. The van der Waals surface area contributed by atoms with Gasteiger partial charge in [0, 0.05) is 32.4 Å². The van der Waals surface area contributed by atoms with Gasteiger partial charge in [-0.3, -0.25) is 9.59 Å². The highest BCUT2D eigenvalue weighted by Crippen LogP contribution is 2.42. The van der Waals surface area contributed by atoms with Gasteiger partial charge in [0.1, 0.15) is 5.70 Å². The second kappa shape index (κ2) is 7.78. The van der Waals surface area contributed by atoms with Crippen molar-refractivity contribution < 1.29 is 14.7 Å². The van der Waals surface area contributed by atoms with Gasteiger partial charge in [-0.1, -0.05) is 83.5 Å². The lowest BCUT2D eigenvalue weighted by atomic mass is 9.93. The zero-order valence-electron chi connectivity index (χ0n) is 13.9. The number of likely N-dealkylation sites (N-methyl/N-ethyl adjacent to an activating group) is 2. The molecule has 0 saturated carbocycles. The molecule has 0 aromatic rings. The first-order valence-corrected chi connectivity index (χ1v) is 9.44. The number of piperazine rings is 1. The molecule has 0 bridgehead atoms. The van der Waals surface area contributed by atoms with Crippen molar-refractivity contribution in [3.05, 3.63) is 11.8 Å². The molecule has 0 aromatic carbocycles. The Hall–Kier alpha value is 0.380. The molecule has 1 aliphatic rings. The van der Waals surface area contributed by atoms with Crippen LogP contribution in [0.3, 0.4) is 0 Å². The van der Waals surface area contributed by atoms with Crippen LogP contribution in [0.25, 0.3) is 0 Å². The average Bonchev–Trinajstić information content (AvgIpc) is 2.45. The van der Waals surface area contributed by atoms with Crippen LogP contribution in [0, 0.1) is 11.8 Å². The number of carbonyl (C=O) groups excluding carboxylic acids is 2. The van der Waals surface area contributed by atoms with Crippen molar-refractivity contribution in [3.63, 3.8) is 0 Å². The number of hydrogen-bond donors (Lipinski definition) is 1. The fraction of sp³-hybridized carbons (Fsp3) is 0.714. The molecule has 1 saturated heterocycles. The Morgan fingerprint density at radius 3 is 1.96 bits per heavy atom. The Balaban J connectivity index is 3.24. The van der Waals surface area contributed by atoms with Crippen LogP contribution in [0.15, 0.2) is 11.8 Å². The normalized spacial score (nSPS) is 27.1. The third-order valence-corrected chi connectivity index (χ3v) is 6.31. The van der Waals surface area contributed by atoms with E-state index in [1.807, 2.05) is 0 Å². The molecule has 0 radical (unpaired) electrons. The maximum absolute atomic E-state index is 12.7. The largest absolute Gasteiger partial charge is 0.363 e. The molecule has 5 nitrogen and oxygen atoms in total. The Bertz CT molecular complexity index is 586. The lowest BCUT2D eigenvalue weighted by Gasteiger charge is -2.45. The first kappa shape index (κ1) is 23.4. The molecule has 2 amide bonds. The Morgan fingerprint density at radius 1 is 1.08 bits per heavy atom. The third-order valence-electron chi connectivity index (χ3n) is 4.16. The highest BCUT2D eigenvalue weighted by molar-refractivity contribution is 6.68.